The molecule has 28 heavy (non-hydrogen) atoms. The fraction of sp³-hybridized carbons (Fsp3) is 0.300. The number of alkyl halides is 3. The van der Waals surface area contributed by atoms with Crippen LogP contribution in [0.1, 0.15) is 48.3 Å². The summed E-state index contributed by atoms with van der Waals surface area (Å²) in [6.45, 7) is 5.61. The molecular formula is C20H18F4N2O2. The predicted octanol–water partition coefficient (Wildman–Crippen LogP) is 5.46. The van der Waals surface area contributed by atoms with Crippen LogP contribution >= 0.6 is 0 Å². The number of pyridine rings is 1. The van der Waals surface area contributed by atoms with E-state index in [1.54, 1.807) is 25.3 Å². The minimum atomic E-state index is -4.80. The SMILES string of the molecule is CCOC(=O)c1c(C(C)C)nn2ccc(-c3ccc(F)c(C(F)(F)F)c3)cc12. The van der Waals surface area contributed by atoms with Gasteiger partial charge in [0, 0.05) is 6.20 Å². The van der Waals surface area contributed by atoms with Crippen LogP contribution in [0.15, 0.2) is 36.5 Å². The summed E-state index contributed by atoms with van der Waals surface area (Å²) in [4.78, 5) is 12.4. The van der Waals surface area contributed by atoms with Crippen LogP contribution in [0.25, 0.3) is 16.6 Å². The second-order valence-corrected chi connectivity index (χ2v) is 6.57. The summed E-state index contributed by atoms with van der Waals surface area (Å²) in [6.07, 6.45) is -3.25. The van der Waals surface area contributed by atoms with Gasteiger partial charge in [0.05, 0.1) is 23.4 Å². The first-order valence-electron chi connectivity index (χ1n) is 8.70. The molecule has 0 aliphatic heterocycles. The molecule has 0 aliphatic rings. The molecule has 8 heteroatoms. The van der Waals surface area contributed by atoms with Gasteiger partial charge in [-0.1, -0.05) is 19.9 Å². The van der Waals surface area contributed by atoms with Crippen molar-refractivity contribution < 1.29 is 27.1 Å². The molecule has 1 aromatic carbocycles. The van der Waals surface area contributed by atoms with Gasteiger partial charge < -0.3 is 4.74 Å². The average Bonchev–Trinajstić information content (AvgIpc) is 3.00. The normalized spacial score (nSPS) is 12.0. The van der Waals surface area contributed by atoms with E-state index in [-0.39, 0.29) is 23.7 Å². The van der Waals surface area contributed by atoms with Crippen LogP contribution in [-0.4, -0.2) is 22.2 Å². The average molecular weight is 394 g/mol. The third-order valence-corrected chi connectivity index (χ3v) is 4.29. The van der Waals surface area contributed by atoms with E-state index in [0.29, 0.717) is 16.8 Å². The maximum Gasteiger partial charge on any atom is 0.419 e. The van der Waals surface area contributed by atoms with Gasteiger partial charge in [-0.3, -0.25) is 0 Å². The van der Waals surface area contributed by atoms with Crippen molar-refractivity contribution in [3.63, 3.8) is 0 Å². The number of esters is 1. The Kier molecular flexibility index (Phi) is 5.14. The molecule has 0 atom stereocenters. The highest BCUT2D eigenvalue weighted by Gasteiger charge is 2.34. The number of halogens is 4. The fourth-order valence-corrected chi connectivity index (χ4v) is 2.98. The van der Waals surface area contributed by atoms with E-state index in [0.717, 1.165) is 12.1 Å². The lowest BCUT2D eigenvalue weighted by Crippen LogP contribution is -2.08. The van der Waals surface area contributed by atoms with Crippen LogP contribution in [-0.2, 0) is 10.9 Å². The highest BCUT2D eigenvalue weighted by molar-refractivity contribution is 5.99. The zero-order valence-electron chi connectivity index (χ0n) is 15.5. The highest BCUT2D eigenvalue weighted by atomic mass is 19.4. The number of benzene rings is 1. The van der Waals surface area contributed by atoms with Gasteiger partial charge in [0.2, 0.25) is 0 Å². The minimum Gasteiger partial charge on any atom is -0.462 e. The first kappa shape index (κ1) is 19.9. The van der Waals surface area contributed by atoms with Gasteiger partial charge in [0.25, 0.3) is 0 Å². The molecule has 0 bridgehead atoms. The van der Waals surface area contributed by atoms with Crippen molar-refractivity contribution in [1.82, 2.24) is 9.61 Å². The molecule has 0 fully saturated rings. The summed E-state index contributed by atoms with van der Waals surface area (Å²) in [5.74, 6) is -1.95. The molecule has 2 aromatic heterocycles. The smallest absolute Gasteiger partial charge is 0.419 e. The minimum absolute atomic E-state index is 0.0644. The molecule has 0 amide bonds. The number of hydrogen-bond acceptors (Lipinski definition) is 3. The summed E-state index contributed by atoms with van der Waals surface area (Å²) in [7, 11) is 0. The number of carbonyl (C=O) groups excluding carboxylic acids is 1. The van der Waals surface area contributed by atoms with Crippen molar-refractivity contribution in [3.8, 4) is 11.1 Å². The molecule has 0 radical (unpaired) electrons. The van der Waals surface area contributed by atoms with Gasteiger partial charge in [-0.2, -0.15) is 18.3 Å². The Morgan fingerprint density at radius 3 is 2.46 bits per heavy atom. The van der Waals surface area contributed by atoms with Gasteiger partial charge >= 0.3 is 12.1 Å². The number of rotatable bonds is 4. The molecule has 0 saturated carbocycles. The molecule has 4 nitrogen and oxygen atoms in total. The van der Waals surface area contributed by atoms with E-state index >= 15 is 0 Å². The van der Waals surface area contributed by atoms with E-state index in [2.05, 4.69) is 5.10 Å². The number of fused-ring (bicyclic) bond motifs is 1. The molecule has 0 spiro atoms. The second kappa shape index (κ2) is 7.26. The van der Waals surface area contributed by atoms with Gasteiger partial charge in [-0.25, -0.2) is 13.7 Å². The zero-order chi connectivity index (χ0) is 20.6. The second-order valence-electron chi connectivity index (χ2n) is 6.57. The quantitative estimate of drug-likeness (QED) is 0.436. The Balaban J connectivity index is 2.20. The lowest BCUT2D eigenvalue weighted by Gasteiger charge is -2.10. The lowest BCUT2D eigenvalue weighted by atomic mass is 10.0. The van der Waals surface area contributed by atoms with Crippen molar-refractivity contribution in [2.24, 2.45) is 0 Å². The molecule has 3 aromatic rings. The molecular weight excluding hydrogens is 376 g/mol. The summed E-state index contributed by atoms with van der Waals surface area (Å²) >= 11 is 0. The topological polar surface area (TPSA) is 43.6 Å². The van der Waals surface area contributed by atoms with Gasteiger partial charge in [0.15, 0.2) is 0 Å². The van der Waals surface area contributed by atoms with E-state index in [1.807, 2.05) is 13.8 Å². The number of aromatic nitrogens is 2. The van der Waals surface area contributed by atoms with Gasteiger partial charge in [0.1, 0.15) is 11.4 Å². The molecule has 3 rings (SSSR count). The Labute approximate surface area is 158 Å². The van der Waals surface area contributed by atoms with Crippen LogP contribution in [0.4, 0.5) is 17.6 Å². The van der Waals surface area contributed by atoms with E-state index in [1.165, 1.54) is 10.6 Å². The molecule has 2 heterocycles. The van der Waals surface area contributed by atoms with E-state index < -0.39 is 23.5 Å². The van der Waals surface area contributed by atoms with E-state index in [4.69, 9.17) is 4.74 Å². The summed E-state index contributed by atoms with van der Waals surface area (Å²) in [5.41, 5.74) is 0.462. The van der Waals surface area contributed by atoms with Gasteiger partial charge in [-0.15, -0.1) is 0 Å². The molecule has 0 unspecified atom stereocenters. The number of hydrogen-bond donors (Lipinski definition) is 0. The molecule has 0 saturated heterocycles. The van der Waals surface area contributed by atoms with Crippen LogP contribution < -0.4 is 0 Å². The number of nitrogens with zero attached hydrogens (tertiary/aromatic N) is 2. The third kappa shape index (κ3) is 3.58. The Hall–Kier alpha value is -2.90. The Bertz CT molecular complexity index is 1040. The fourth-order valence-electron chi connectivity index (χ4n) is 2.98. The van der Waals surface area contributed by atoms with Crippen molar-refractivity contribution in [1.29, 1.82) is 0 Å². The summed E-state index contributed by atoms with van der Waals surface area (Å²) < 4.78 is 59.3. The van der Waals surface area contributed by atoms with Crippen LogP contribution in [0.5, 0.6) is 0 Å². The molecule has 0 aliphatic carbocycles. The summed E-state index contributed by atoms with van der Waals surface area (Å²) in [5, 5.41) is 4.40. The van der Waals surface area contributed by atoms with E-state index in [9.17, 15) is 22.4 Å². The van der Waals surface area contributed by atoms with Crippen molar-refractivity contribution in [2.75, 3.05) is 6.61 Å². The molecule has 148 valence electrons. The predicted molar refractivity (Wildman–Crippen MR) is 95.6 cm³/mol. The van der Waals surface area contributed by atoms with Gasteiger partial charge in [-0.05, 0) is 48.2 Å². The van der Waals surface area contributed by atoms with Crippen LogP contribution in [0.3, 0.4) is 0 Å². The largest absolute Gasteiger partial charge is 0.462 e. The maximum absolute atomic E-state index is 13.6. The first-order chi connectivity index (χ1) is 13.1. The third-order valence-electron chi connectivity index (χ3n) is 4.29. The standard InChI is InChI=1S/C20H18F4N2O2/c1-4-28-19(27)17-16-10-13(7-8-26(16)25-18(17)11(2)3)12-5-6-15(21)14(9-12)20(22,23)24/h5-11H,4H2,1-3H3. The van der Waals surface area contributed by atoms with Crippen LogP contribution in [0.2, 0.25) is 0 Å². The van der Waals surface area contributed by atoms with Crippen LogP contribution in [0, 0.1) is 5.82 Å². The highest BCUT2D eigenvalue weighted by Crippen LogP contribution is 2.35. The lowest BCUT2D eigenvalue weighted by molar-refractivity contribution is -0.139. The first-order valence-corrected chi connectivity index (χ1v) is 8.70. The maximum atomic E-state index is 13.6. The molecule has 0 N–H and O–H groups in total. The summed E-state index contributed by atoms with van der Waals surface area (Å²) in [6, 6.07) is 5.92. The number of carbonyl (C=O) groups is 1. The monoisotopic (exact) mass is 394 g/mol. The van der Waals surface area contributed by atoms with Crippen molar-refractivity contribution >= 4 is 11.5 Å². The number of ether oxygens (including phenoxy) is 1. The zero-order valence-corrected chi connectivity index (χ0v) is 15.5. The van der Waals surface area contributed by atoms with Crippen molar-refractivity contribution in [2.45, 2.75) is 32.9 Å². The van der Waals surface area contributed by atoms with Crippen molar-refractivity contribution in [3.05, 3.63) is 59.2 Å². The Morgan fingerprint density at radius 1 is 1.18 bits per heavy atom. The Morgan fingerprint density at radius 2 is 1.86 bits per heavy atom.